The van der Waals surface area contributed by atoms with Gasteiger partial charge in [0.25, 0.3) is 5.91 Å². The summed E-state index contributed by atoms with van der Waals surface area (Å²) in [5, 5.41) is 2.58. The number of nitrogens with two attached hydrogens (primary N) is 1. The molecular weight excluding hydrogens is 280 g/mol. The van der Waals surface area contributed by atoms with Gasteiger partial charge in [-0.25, -0.2) is 0 Å². The molecule has 0 saturated heterocycles. The van der Waals surface area contributed by atoms with E-state index in [1.807, 2.05) is 6.92 Å². The lowest BCUT2D eigenvalue weighted by Crippen LogP contribution is -2.13. The molecule has 8 heteroatoms. The first-order chi connectivity index (χ1) is 9.53. The number of aryl methyl sites for hydroxylation is 1. The van der Waals surface area contributed by atoms with E-state index in [0.717, 1.165) is 4.88 Å². The Morgan fingerprint density at radius 1 is 1.25 bits per heavy atom. The molecule has 0 fully saturated rings. The molecule has 0 bridgehead atoms. The number of ether oxygens (including phenoxy) is 2. The van der Waals surface area contributed by atoms with Crippen molar-refractivity contribution in [3.8, 4) is 11.8 Å². The summed E-state index contributed by atoms with van der Waals surface area (Å²) in [5.41, 5.74) is 6.31. The first-order valence-corrected chi connectivity index (χ1v) is 6.49. The number of anilines is 2. The van der Waals surface area contributed by atoms with Gasteiger partial charge in [0, 0.05) is 10.6 Å². The number of amides is 1. The molecule has 0 aromatic carbocycles. The van der Waals surface area contributed by atoms with Gasteiger partial charge >= 0.3 is 0 Å². The molecule has 0 saturated carbocycles. The number of nitrogens with one attached hydrogen (secondary N) is 1. The Bertz CT molecular complexity index is 600. The minimum atomic E-state index is -0.329. The summed E-state index contributed by atoms with van der Waals surface area (Å²) < 4.78 is 10.0. The summed E-state index contributed by atoms with van der Waals surface area (Å²) >= 11 is 1.31. The molecule has 3 N–H and O–H groups in total. The standard InChI is InChI=1S/C12H14N4O3S/c1-6-7(13)4-8(20-6)11(17)16-12-14-9(18-2)5-10(15-12)19-3/h4-5H,13H2,1-3H3,(H,14,15,16,17). The molecule has 2 aromatic rings. The lowest BCUT2D eigenvalue weighted by molar-refractivity contribution is 0.102. The molecule has 7 nitrogen and oxygen atoms in total. The minimum Gasteiger partial charge on any atom is -0.481 e. The van der Waals surface area contributed by atoms with Gasteiger partial charge in [0.15, 0.2) is 0 Å². The number of rotatable bonds is 4. The molecule has 0 radical (unpaired) electrons. The molecular formula is C12H14N4O3S. The maximum Gasteiger partial charge on any atom is 0.268 e. The van der Waals surface area contributed by atoms with Crippen molar-refractivity contribution in [3.05, 3.63) is 21.9 Å². The van der Waals surface area contributed by atoms with Crippen LogP contribution in [0.25, 0.3) is 0 Å². The highest BCUT2D eigenvalue weighted by Gasteiger charge is 2.14. The zero-order chi connectivity index (χ0) is 14.7. The maximum absolute atomic E-state index is 12.1. The van der Waals surface area contributed by atoms with Crippen LogP contribution in [0.15, 0.2) is 12.1 Å². The summed E-state index contributed by atoms with van der Waals surface area (Å²) in [5.74, 6) is 0.379. The summed E-state index contributed by atoms with van der Waals surface area (Å²) in [4.78, 5) is 21.5. The van der Waals surface area contributed by atoms with Gasteiger partial charge in [0.05, 0.1) is 25.2 Å². The smallest absolute Gasteiger partial charge is 0.268 e. The van der Waals surface area contributed by atoms with E-state index in [-0.39, 0.29) is 11.9 Å². The highest BCUT2D eigenvalue weighted by atomic mass is 32.1. The lowest BCUT2D eigenvalue weighted by atomic mass is 10.3. The third-order valence-corrected chi connectivity index (χ3v) is 3.57. The fourth-order valence-electron chi connectivity index (χ4n) is 1.44. The second-order valence-corrected chi connectivity index (χ2v) is 5.11. The average Bonchev–Trinajstić information content (AvgIpc) is 2.78. The lowest BCUT2D eigenvalue weighted by Gasteiger charge is -2.06. The van der Waals surface area contributed by atoms with Crippen LogP contribution in [0.3, 0.4) is 0 Å². The quantitative estimate of drug-likeness (QED) is 0.890. The van der Waals surface area contributed by atoms with Gasteiger partial charge in [0.1, 0.15) is 0 Å². The largest absolute Gasteiger partial charge is 0.481 e. The normalized spacial score (nSPS) is 10.2. The Hall–Kier alpha value is -2.35. The fourth-order valence-corrected chi connectivity index (χ4v) is 2.28. The SMILES string of the molecule is COc1cc(OC)nc(NC(=O)c2cc(N)c(C)s2)n1. The van der Waals surface area contributed by atoms with Gasteiger partial charge in [-0.05, 0) is 13.0 Å². The van der Waals surface area contributed by atoms with E-state index in [9.17, 15) is 4.79 Å². The number of aromatic nitrogens is 2. The van der Waals surface area contributed by atoms with Crippen LogP contribution in [0.2, 0.25) is 0 Å². The van der Waals surface area contributed by atoms with E-state index in [2.05, 4.69) is 15.3 Å². The van der Waals surface area contributed by atoms with Gasteiger partial charge < -0.3 is 15.2 Å². The molecule has 0 spiro atoms. The van der Waals surface area contributed by atoms with Crippen LogP contribution in [-0.2, 0) is 0 Å². The average molecular weight is 294 g/mol. The number of carbonyl (C=O) groups is 1. The van der Waals surface area contributed by atoms with Gasteiger partial charge in [-0.1, -0.05) is 0 Å². The Balaban J connectivity index is 2.22. The molecule has 0 aliphatic carbocycles. The van der Waals surface area contributed by atoms with Gasteiger partial charge in [-0.15, -0.1) is 11.3 Å². The number of hydrogen-bond donors (Lipinski definition) is 2. The van der Waals surface area contributed by atoms with Crippen LogP contribution in [0, 0.1) is 6.92 Å². The van der Waals surface area contributed by atoms with Gasteiger partial charge in [-0.2, -0.15) is 9.97 Å². The number of hydrogen-bond acceptors (Lipinski definition) is 7. The van der Waals surface area contributed by atoms with Crippen molar-refractivity contribution >= 4 is 28.9 Å². The molecule has 2 rings (SSSR count). The Morgan fingerprint density at radius 3 is 2.30 bits per heavy atom. The van der Waals surface area contributed by atoms with Crippen LogP contribution >= 0.6 is 11.3 Å². The Kier molecular flexibility index (Phi) is 4.04. The van der Waals surface area contributed by atoms with Crippen LogP contribution < -0.4 is 20.5 Å². The maximum atomic E-state index is 12.1. The van der Waals surface area contributed by atoms with E-state index in [4.69, 9.17) is 15.2 Å². The number of nitrogens with zero attached hydrogens (tertiary/aromatic N) is 2. The molecule has 2 heterocycles. The topological polar surface area (TPSA) is 99.4 Å². The van der Waals surface area contributed by atoms with Crippen LogP contribution in [0.5, 0.6) is 11.8 Å². The predicted octanol–water partition coefficient (Wildman–Crippen LogP) is 1.70. The van der Waals surface area contributed by atoms with E-state index in [0.29, 0.717) is 22.3 Å². The van der Waals surface area contributed by atoms with Crippen molar-refractivity contribution in [2.45, 2.75) is 6.92 Å². The number of methoxy groups -OCH3 is 2. The first kappa shape index (κ1) is 14.1. The summed E-state index contributed by atoms with van der Waals surface area (Å²) in [6.07, 6.45) is 0. The number of carbonyl (C=O) groups excluding carboxylic acids is 1. The molecule has 0 aliphatic rings. The molecule has 2 aromatic heterocycles. The van der Waals surface area contributed by atoms with E-state index in [1.165, 1.54) is 31.6 Å². The molecule has 20 heavy (non-hydrogen) atoms. The second-order valence-electron chi connectivity index (χ2n) is 3.85. The third-order valence-electron chi connectivity index (χ3n) is 2.50. The minimum absolute atomic E-state index is 0.107. The molecule has 0 atom stereocenters. The van der Waals surface area contributed by atoms with Crippen molar-refractivity contribution in [3.63, 3.8) is 0 Å². The Labute approximate surface area is 119 Å². The summed E-state index contributed by atoms with van der Waals surface area (Å²) in [7, 11) is 2.94. The van der Waals surface area contributed by atoms with Gasteiger partial charge in [0.2, 0.25) is 17.7 Å². The van der Waals surface area contributed by atoms with E-state index < -0.39 is 0 Å². The molecule has 0 unspecified atom stereocenters. The van der Waals surface area contributed by atoms with Crippen molar-refractivity contribution in [2.75, 3.05) is 25.3 Å². The first-order valence-electron chi connectivity index (χ1n) is 5.67. The van der Waals surface area contributed by atoms with Crippen LogP contribution in [0.4, 0.5) is 11.6 Å². The number of thiophene rings is 1. The Morgan fingerprint density at radius 2 is 1.85 bits per heavy atom. The van der Waals surface area contributed by atoms with Crippen molar-refractivity contribution in [2.24, 2.45) is 0 Å². The van der Waals surface area contributed by atoms with E-state index >= 15 is 0 Å². The zero-order valence-electron chi connectivity index (χ0n) is 11.3. The van der Waals surface area contributed by atoms with E-state index in [1.54, 1.807) is 6.07 Å². The predicted molar refractivity (Wildman–Crippen MR) is 76.6 cm³/mol. The second kappa shape index (κ2) is 5.74. The highest BCUT2D eigenvalue weighted by molar-refractivity contribution is 7.14. The monoisotopic (exact) mass is 294 g/mol. The molecule has 106 valence electrons. The zero-order valence-corrected chi connectivity index (χ0v) is 12.1. The fraction of sp³-hybridized carbons (Fsp3) is 0.250. The highest BCUT2D eigenvalue weighted by Crippen LogP contribution is 2.24. The third kappa shape index (κ3) is 2.97. The van der Waals surface area contributed by atoms with Crippen molar-refractivity contribution < 1.29 is 14.3 Å². The van der Waals surface area contributed by atoms with Crippen molar-refractivity contribution in [1.82, 2.24) is 9.97 Å². The number of nitrogen functional groups attached to an aromatic ring is 1. The van der Waals surface area contributed by atoms with Gasteiger partial charge in [-0.3, -0.25) is 10.1 Å². The molecule has 0 aliphatic heterocycles. The van der Waals surface area contributed by atoms with Crippen LogP contribution in [0.1, 0.15) is 14.5 Å². The van der Waals surface area contributed by atoms with Crippen LogP contribution in [-0.4, -0.2) is 30.1 Å². The summed E-state index contributed by atoms with van der Waals surface area (Å²) in [6.45, 7) is 1.85. The van der Waals surface area contributed by atoms with Crippen molar-refractivity contribution in [1.29, 1.82) is 0 Å². The summed E-state index contributed by atoms with van der Waals surface area (Å²) in [6, 6.07) is 3.13. The molecule has 1 amide bonds.